The number of piperidine rings is 1. The van der Waals surface area contributed by atoms with Crippen molar-refractivity contribution in [2.24, 2.45) is 5.92 Å². The number of hydrogen-bond donors (Lipinski definition) is 1. The highest BCUT2D eigenvalue weighted by molar-refractivity contribution is 5.94. The Morgan fingerprint density at radius 3 is 2.38 bits per heavy atom. The monoisotopic (exact) mass is 408 g/mol. The minimum Gasteiger partial charge on any atom is -0.484 e. The number of amides is 2. The average molecular weight is 408 g/mol. The first kappa shape index (κ1) is 21.5. The predicted molar refractivity (Wildman–Crippen MR) is 106 cm³/mol. The molecule has 3 atom stereocenters. The number of carbonyl (C=O) groups excluding carboxylic acids is 2. The molecule has 0 radical (unpaired) electrons. The molecule has 2 aliphatic rings. The number of alkyl halides is 2. The molecule has 3 rings (SSSR count). The standard InChI is InChI=1S/C22H30F2N2O3/c1-15-4-3-5-16(2)26(15)20(27)14-29-19-8-6-18(7-9-19)21(28)25-13-17-10-11-22(23,24)12-17/h6-9,15-17H,3-5,10-14H2,1-2H3,(H,25,28)/t15-,16+,17-/m1/s1. The Hall–Kier alpha value is -2.18. The van der Waals surface area contributed by atoms with Crippen molar-refractivity contribution < 1.29 is 23.1 Å². The first-order chi connectivity index (χ1) is 13.7. The quantitative estimate of drug-likeness (QED) is 0.774. The fourth-order valence-electron chi connectivity index (χ4n) is 4.39. The number of nitrogens with zero attached hydrogens (tertiary/aromatic N) is 1. The summed E-state index contributed by atoms with van der Waals surface area (Å²) in [7, 11) is 0. The summed E-state index contributed by atoms with van der Waals surface area (Å²) in [5.74, 6) is -2.58. The third-order valence-corrected chi connectivity index (χ3v) is 6.02. The molecule has 2 amide bonds. The molecule has 7 heteroatoms. The largest absolute Gasteiger partial charge is 0.484 e. The van der Waals surface area contributed by atoms with Gasteiger partial charge in [-0.05, 0) is 69.7 Å². The van der Waals surface area contributed by atoms with Gasteiger partial charge in [-0.2, -0.15) is 0 Å². The number of rotatable bonds is 6. The minimum atomic E-state index is -2.60. The van der Waals surface area contributed by atoms with Crippen LogP contribution in [0, 0.1) is 5.92 Å². The van der Waals surface area contributed by atoms with E-state index in [1.807, 2.05) is 4.90 Å². The third kappa shape index (κ3) is 5.67. The summed E-state index contributed by atoms with van der Waals surface area (Å²) in [4.78, 5) is 26.6. The predicted octanol–water partition coefficient (Wildman–Crippen LogP) is 4.02. The number of benzene rings is 1. The maximum absolute atomic E-state index is 13.2. The van der Waals surface area contributed by atoms with Crippen LogP contribution in [0.3, 0.4) is 0 Å². The molecule has 1 heterocycles. The molecule has 1 aliphatic carbocycles. The van der Waals surface area contributed by atoms with Gasteiger partial charge in [0.25, 0.3) is 11.8 Å². The van der Waals surface area contributed by atoms with Crippen molar-refractivity contribution in [2.75, 3.05) is 13.2 Å². The smallest absolute Gasteiger partial charge is 0.260 e. The van der Waals surface area contributed by atoms with E-state index in [2.05, 4.69) is 19.2 Å². The van der Waals surface area contributed by atoms with Gasteiger partial charge in [-0.25, -0.2) is 8.78 Å². The van der Waals surface area contributed by atoms with Gasteiger partial charge in [0.15, 0.2) is 6.61 Å². The van der Waals surface area contributed by atoms with Gasteiger partial charge in [-0.3, -0.25) is 9.59 Å². The number of hydrogen-bond acceptors (Lipinski definition) is 3. The summed E-state index contributed by atoms with van der Waals surface area (Å²) < 4.78 is 32.1. The molecule has 0 unspecified atom stereocenters. The van der Waals surface area contributed by atoms with Crippen molar-refractivity contribution in [3.63, 3.8) is 0 Å². The third-order valence-electron chi connectivity index (χ3n) is 6.02. The maximum Gasteiger partial charge on any atom is 0.260 e. The van der Waals surface area contributed by atoms with Gasteiger partial charge in [0.1, 0.15) is 5.75 Å². The van der Waals surface area contributed by atoms with Gasteiger partial charge in [-0.15, -0.1) is 0 Å². The van der Waals surface area contributed by atoms with Crippen LogP contribution in [-0.2, 0) is 4.79 Å². The Morgan fingerprint density at radius 1 is 1.14 bits per heavy atom. The topological polar surface area (TPSA) is 58.6 Å². The molecule has 29 heavy (non-hydrogen) atoms. The Kier molecular flexibility index (Phi) is 6.75. The van der Waals surface area contributed by atoms with E-state index in [1.165, 1.54) is 0 Å². The van der Waals surface area contributed by atoms with E-state index >= 15 is 0 Å². The highest BCUT2D eigenvalue weighted by atomic mass is 19.3. The average Bonchev–Trinajstić information content (AvgIpc) is 3.03. The second kappa shape index (κ2) is 9.09. The van der Waals surface area contributed by atoms with Crippen molar-refractivity contribution in [1.29, 1.82) is 0 Å². The van der Waals surface area contributed by atoms with Crippen LogP contribution < -0.4 is 10.1 Å². The van der Waals surface area contributed by atoms with Gasteiger partial charge in [0.05, 0.1) is 0 Å². The van der Waals surface area contributed by atoms with E-state index in [0.717, 1.165) is 19.3 Å². The minimum absolute atomic E-state index is 0.0279. The molecule has 2 fully saturated rings. The number of carbonyl (C=O) groups is 2. The normalized spacial score (nSPS) is 26.2. The van der Waals surface area contributed by atoms with Crippen LogP contribution >= 0.6 is 0 Å². The van der Waals surface area contributed by atoms with Crippen molar-refractivity contribution >= 4 is 11.8 Å². The Labute approximate surface area is 170 Å². The van der Waals surface area contributed by atoms with Gasteiger partial charge in [0.2, 0.25) is 5.92 Å². The fourth-order valence-corrected chi connectivity index (χ4v) is 4.39. The zero-order chi connectivity index (χ0) is 21.0. The molecule has 1 saturated carbocycles. The van der Waals surface area contributed by atoms with Crippen LogP contribution in [0.25, 0.3) is 0 Å². The van der Waals surface area contributed by atoms with Gasteiger partial charge in [-0.1, -0.05) is 0 Å². The molecule has 1 aliphatic heterocycles. The summed E-state index contributed by atoms with van der Waals surface area (Å²) in [6.45, 7) is 4.35. The van der Waals surface area contributed by atoms with Crippen LogP contribution in [0.4, 0.5) is 8.78 Å². The molecule has 0 bridgehead atoms. The number of likely N-dealkylation sites (tertiary alicyclic amines) is 1. The molecular weight excluding hydrogens is 378 g/mol. The lowest BCUT2D eigenvalue weighted by Crippen LogP contribution is -2.49. The molecule has 1 aromatic carbocycles. The van der Waals surface area contributed by atoms with Crippen molar-refractivity contribution in [2.45, 2.75) is 70.4 Å². The number of ether oxygens (including phenoxy) is 1. The van der Waals surface area contributed by atoms with Crippen LogP contribution in [0.5, 0.6) is 5.75 Å². The summed E-state index contributed by atoms with van der Waals surface area (Å²) in [6.07, 6.45) is 3.33. The Bertz CT molecular complexity index is 713. The molecule has 1 N–H and O–H groups in total. The van der Waals surface area contributed by atoms with Crippen LogP contribution in [0.1, 0.15) is 62.7 Å². The van der Waals surface area contributed by atoms with Crippen molar-refractivity contribution in [3.05, 3.63) is 29.8 Å². The highest BCUT2D eigenvalue weighted by Gasteiger charge is 2.39. The molecule has 0 spiro atoms. The van der Waals surface area contributed by atoms with E-state index in [9.17, 15) is 18.4 Å². The first-order valence-electron chi connectivity index (χ1n) is 10.5. The fraction of sp³-hybridized carbons (Fsp3) is 0.636. The van der Waals surface area contributed by atoms with Gasteiger partial charge in [0, 0.05) is 37.0 Å². The van der Waals surface area contributed by atoms with Crippen molar-refractivity contribution in [3.8, 4) is 5.75 Å². The molecular formula is C22H30F2N2O3. The zero-order valence-electron chi connectivity index (χ0n) is 17.1. The van der Waals surface area contributed by atoms with Crippen LogP contribution in [0.15, 0.2) is 24.3 Å². The zero-order valence-corrected chi connectivity index (χ0v) is 17.1. The van der Waals surface area contributed by atoms with E-state index in [-0.39, 0.29) is 55.8 Å². The SMILES string of the molecule is C[C@@H]1CCC[C@H](C)N1C(=O)COc1ccc(C(=O)NC[C@@H]2CCC(F)(F)C2)cc1. The number of halogens is 2. The second-order valence-corrected chi connectivity index (χ2v) is 8.42. The van der Waals surface area contributed by atoms with Gasteiger partial charge < -0.3 is 15.0 Å². The van der Waals surface area contributed by atoms with E-state index in [4.69, 9.17) is 4.74 Å². The van der Waals surface area contributed by atoms with Gasteiger partial charge >= 0.3 is 0 Å². The first-order valence-corrected chi connectivity index (χ1v) is 10.5. The van der Waals surface area contributed by atoms with E-state index in [0.29, 0.717) is 17.7 Å². The molecule has 5 nitrogen and oxygen atoms in total. The molecule has 1 aromatic rings. The van der Waals surface area contributed by atoms with Crippen LogP contribution in [0.2, 0.25) is 0 Å². The lowest BCUT2D eigenvalue weighted by molar-refractivity contribution is -0.139. The van der Waals surface area contributed by atoms with Crippen molar-refractivity contribution in [1.82, 2.24) is 10.2 Å². The Morgan fingerprint density at radius 2 is 1.79 bits per heavy atom. The summed E-state index contributed by atoms with van der Waals surface area (Å²) in [5, 5.41) is 2.73. The maximum atomic E-state index is 13.2. The van der Waals surface area contributed by atoms with Crippen LogP contribution in [-0.4, -0.2) is 47.9 Å². The highest BCUT2D eigenvalue weighted by Crippen LogP contribution is 2.38. The lowest BCUT2D eigenvalue weighted by atomic mass is 9.97. The van der Waals surface area contributed by atoms with E-state index < -0.39 is 5.92 Å². The molecule has 160 valence electrons. The summed E-state index contributed by atoms with van der Waals surface area (Å²) >= 11 is 0. The van der Waals surface area contributed by atoms with E-state index in [1.54, 1.807) is 24.3 Å². The molecule has 0 aromatic heterocycles. The molecule has 1 saturated heterocycles. The summed E-state index contributed by atoms with van der Waals surface area (Å²) in [6, 6.07) is 6.97. The second-order valence-electron chi connectivity index (χ2n) is 8.42. The lowest BCUT2D eigenvalue weighted by Gasteiger charge is -2.38. The Balaban J connectivity index is 1.46. The summed E-state index contributed by atoms with van der Waals surface area (Å²) in [5.41, 5.74) is 0.437. The number of nitrogens with one attached hydrogen (secondary N) is 1.